The Morgan fingerprint density at radius 2 is 2.00 bits per heavy atom. The Balaban J connectivity index is 2.28. The topological polar surface area (TPSA) is 72.3 Å². The van der Waals surface area contributed by atoms with E-state index in [9.17, 15) is 4.79 Å². The average molecular weight is 275 g/mol. The number of carbonyl (C=O) groups excluding carboxylic acids is 1. The number of hydrogen-bond acceptors (Lipinski definition) is 3. The van der Waals surface area contributed by atoms with Gasteiger partial charge in [-0.15, -0.1) is 0 Å². The van der Waals surface area contributed by atoms with Gasteiger partial charge < -0.3 is 11.5 Å². The summed E-state index contributed by atoms with van der Waals surface area (Å²) in [4.78, 5) is 13.7. The summed E-state index contributed by atoms with van der Waals surface area (Å²) in [5, 5.41) is 0. The molecule has 0 radical (unpaired) electrons. The SMILES string of the molecule is Cc1ccccc1C(CN)N(CC(N)=O)C1CCCC1. The second kappa shape index (κ2) is 6.86. The molecule has 0 saturated heterocycles. The standard InChI is InChI=1S/C16H25N3O/c1-12-6-2-5-9-14(12)15(10-17)19(11-16(18)20)13-7-3-4-8-13/h2,5-6,9,13,15H,3-4,7-8,10-11,17H2,1H3,(H2,18,20). The van der Waals surface area contributed by atoms with Crippen LogP contribution in [0.25, 0.3) is 0 Å². The number of carbonyl (C=O) groups is 1. The number of nitrogens with two attached hydrogens (primary N) is 2. The zero-order valence-electron chi connectivity index (χ0n) is 12.2. The van der Waals surface area contributed by atoms with Gasteiger partial charge in [-0.1, -0.05) is 37.1 Å². The summed E-state index contributed by atoms with van der Waals surface area (Å²) in [6.45, 7) is 2.89. The number of benzene rings is 1. The Morgan fingerprint density at radius 1 is 1.35 bits per heavy atom. The highest BCUT2D eigenvalue weighted by molar-refractivity contribution is 5.76. The van der Waals surface area contributed by atoms with Gasteiger partial charge in [0.1, 0.15) is 0 Å². The Hall–Kier alpha value is -1.39. The molecule has 1 fully saturated rings. The normalized spacial score (nSPS) is 17.6. The van der Waals surface area contributed by atoms with Crippen LogP contribution in [-0.4, -0.2) is 29.9 Å². The number of nitrogens with zero attached hydrogens (tertiary/aromatic N) is 1. The van der Waals surface area contributed by atoms with Gasteiger partial charge in [-0.25, -0.2) is 0 Å². The van der Waals surface area contributed by atoms with Crippen molar-refractivity contribution in [3.05, 3.63) is 35.4 Å². The third kappa shape index (κ3) is 3.38. The lowest BCUT2D eigenvalue weighted by atomic mass is 9.98. The monoisotopic (exact) mass is 275 g/mol. The minimum absolute atomic E-state index is 0.0757. The van der Waals surface area contributed by atoms with Crippen molar-refractivity contribution in [3.8, 4) is 0 Å². The van der Waals surface area contributed by atoms with E-state index in [1.54, 1.807) is 0 Å². The molecule has 0 bridgehead atoms. The van der Waals surface area contributed by atoms with Crippen molar-refractivity contribution >= 4 is 5.91 Å². The van der Waals surface area contributed by atoms with Gasteiger partial charge in [-0.2, -0.15) is 0 Å². The maximum atomic E-state index is 11.4. The number of primary amides is 1. The molecule has 4 N–H and O–H groups in total. The van der Waals surface area contributed by atoms with Crippen molar-refractivity contribution in [3.63, 3.8) is 0 Å². The van der Waals surface area contributed by atoms with E-state index in [0.717, 1.165) is 12.8 Å². The zero-order valence-corrected chi connectivity index (χ0v) is 12.2. The van der Waals surface area contributed by atoms with E-state index in [-0.39, 0.29) is 11.9 Å². The van der Waals surface area contributed by atoms with Crippen LogP contribution in [-0.2, 0) is 4.79 Å². The Morgan fingerprint density at radius 3 is 2.55 bits per heavy atom. The fraction of sp³-hybridized carbons (Fsp3) is 0.562. The van der Waals surface area contributed by atoms with Gasteiger partial charge in [0.15, 0.2) is 0 Å². The van der Waals surface area contributed by atoms with Crippen LogP contribution in [0.1, 0.15) is 42.9 Å². The van der Waals surface area contributed by atoms with Crippen molar-refractivity contribution in [1.82, 2.24) is 4.90 Å². The van der Waals surface area contributed by atoms with E-state index in [2.05, 4.69) is 24.0 Å². The van der Waals surface area contributed by atoms with Gasteiger partial charge in [0.25, 0.3) is 0 Å². The molecule has 20 heavy (non-hydrogen) atoms. The molecule has 1 aromatic carbocycles. The highest BCUT2D eigenvalue weighted by Crippen LogP contribution is 2.31. The fourth-order valence-corrected chi connectivity index (χ4v) is 3.31. The first-order valence-corrected chi connectivity index (χ1v) is 7.43. The Labute approximate surface area is 121 Å². The lowest BCUT2D eigenvalue weighted by molar-refractivity contribution is -0.120. The Kier molecular flexibility index (Phi) is 5.15. The maximum absolute atomic E-state index is 11.4. The molecule has 1 saturated carbocycles. The summed E-state index contributed by atoms with van der Waals surface area (Å²) in [6, 6.07) is 8.76. The highest BCUT2D eigenvalue weighted by Gasteiger charge is 2.30. The van der Waals surface area contributed by atoms with E-state index in [1.165, 1.54) is 24.0 Å². The molecule has 0 aliphatic heterocycles. The predicted octanol–water partition coefficient (Wildman–Crippen LogP) is 1.72. The summed E-state index contributed by atoms with van der Waals surface area (Å²) in [6.07, 6.45) is 4.72. The van der Waals surface area contributed by atoms with Crippen LogP contribution in [0.15, 0.2) is 24.3 Å². The van der Waals surface area contributed by atoms with E-state index >= 15 is 0 Å². The summed E-state index contributed by atoms with van der Waals surface area (Å²) in [5.74, 6) is -0.274. The fourth-order valence-electron chi connectivity index (χ4n) is 3.31. The molecule has 4 nitrogen and oxygen atoms in total. The molecule has 1 aliphatic rings. The third-order valence-electron chi connectivity index (χ3n) is 4.30. The van der Waals surface area contributed by atoms with Crippen LogP contribution in [0.3, 0.4) is 0 Å². The predicted molar refractivity (Wildman–Crippen MR) is 81.1 cm³/mol. The molecule has 0 aromatic heterocycles. The van der Waals surface area contributed by atoms with E-state index in [4.69, 9.17) is 11.5 Å². The van der Waals surface area contributed by atoms with Gasteiger partial charge in [0, 0.05) is 18.6 Å². The van der Waals surface area contributed by atoms with Gasteiger partial charge in [-0.3, -0.25) is 9.69 Å². The van der Waals surface area contributed by atoms with Crippen molar-refractivity contribution in [2.24, 2.45) is 11.5 Å². The molecule has 1 aromatic rings. The van der Waals surface area contributed by atoms with Crippen molar-refractivity contribution in [2.75, 3.05) is 13.1 Å². The van der Waals surface area contributed by atoms with Crippen molar-refractivity contribution in [1.29, 1.82) is 0 Å². The molecule has 4 heteroatoms. The van der Waals surface area contributed by atoms with Crippen LogP contribution in [0.5, 0.6) is 0 Å². The first kappa shape index (κ1) is 15.0. The molecule has 0 heterocycles. The lowest BCUT2D eigenvalue weighted by Gasteiger charge is -2.36. The van der Waals surface area contributed by atoms with Gasteiger partial charge >= 0.3 is 0 Å². The third-order valence-corrected chi connectivity index (χ3v) is 4.30. The summed E-state index contributed by atoms with van der Waals surface area (Å²) in [5.41, 5.74) is 13.9. The van der Waals surface area contributed by atoms with E-state index in [0.29, 0.717) is 19.1 Å². The number of aryl methyl sites for hydroxylation is 1. The van der Waals surface area contributed by atoms with Crippen molar-refractivity contribution < 1.29 is 4.79 Å². The number of hydrogen-bond donors (Lipinski definition) is 2. The van der Waals surface area contributed by atoms with Crippen molar-refractivity contribution in [2.45, 2.75) is 44.7 Å². The smallest absolute Gasteiger partial charge is 0.231 e. The summed E-state index contributed by atoms with van der Waals surface area (Å²) < 4.78 is 0. The molecule has 1 aliphatic carbocycles. The van der Waals surface area contributed by atoms with Crippen LogP contribution in [0.2, 0.25) is 0 Å². The summed E-state index contributed by atoms with van der Waals surface area (Å²) in [7, 11) is 0. The number of rotatable bonds is 6. The van der Waals surface area contributed by atoms with E-state index in [1.807, 2.05) is 12.1 Å². The van der Waals surface area contributed by atoms with Gasteiger partial charge in [0.05, 0.1) is 6.54 Å². The first-order valence-electron chi connectivity index (χ1n) is 7.43. The van der Waals surface area contributed by atoms with Gasteiger partial charge in [-0.05, 0) is 30.9 Å². The second-order valence-electron chi connectivity index (χ2n) is 5.69. The van der Waals surface area contributed by atoms with Crippen LogP contribution in [0, 0.1) is 6.92 Å². The average Bonchev–Trinajstić information content (AvgIpc) is 2.94. The minimum atomic E-state index is -0.274. The minimum Gasteiger partial charge on any atom is -0.369 e. The van der Waals surface area contributed by atoms with E-state index < -0.39 is 0 Å². The molecule has 1 atom stereocenters. The van der Waals surface area contributed by atoms with Crippen LogP contribution >= 0.6 is 0 Å². The molecule has 0 spiro atoms. The molecule has 110 valence electrons. The Bertz CT molecular complexity index is 455. The largest absolute Gasteiger partial charge is 0.369 e. The summed E-state index contributed by atoms with van der Waals surface area (Å²) >= 11 is 0. The van der Waals surface area contributed by atoms with Crippen LogP contribution < -0.4 is 11.5 Å². The second-order valence-corrected chi connectivity index (χ2v) is 5.69. The molecular weight excluding hydrogens is 250 g/mol. The quantitative estimate of drug-likeness (QED) is 0.830. The molecular formula is C16H25N3O. The highest BCUT2D eigenvalue weighted by atomic mass is 16.1. The molecule has 1 amide bonds. The molecule has 1 unspecified atom stereocenters. The zero-order chi connectivity index (χ0) is 14.5. The maximum Gasteiger partial charge on any atom is 0.231 e. The first-order chi connectivity index (χ1) is 9.63. The number of amides is 1. The van der Waals surface area contributed by atoms with Gasteiger partial charge in [0.2, 0.25) is 5.91 Å². The molecule has 2 rings (SSSR count). The lowest BCUT2D eigenvalue weighted by Crippen LogP contribution is -2.45. The van der Waals surface area contributed by atoms with Crippen LogP contribution in [0.4, 0.5) is 0 Å².